The minimum Gasteiger partial charge on any atom is -0.307 e. The molecule has 0 N–H and O–H groups in total. The zero-order valence-electron chi connectivity index (χ0n) is 15.7. The molecule has 140 valence electrons. The molecule has 3 aromatic rings. The summed E-state index contributed by atoms with van der Waals surface area (Å²) in [4.78, 5) is 16.4. The Morgan fingerprint density at radius 2 is 1.93 bits per heavy atom. The van der Waals surface area contributed by atoms with Gasteiger partial charge in [-0.2, -0.15) is 9.78 Å². The lowest BCUT2D eigenvalue weighted by molar-refractivity contribution is -0.121. The van der Waals surface area contributed by atoms with Crippen LogP contribution in [0.4, 0.5) is 5.69 Å². The minimum atomic E-state index is 0.0559. The van der Waals surface area contributed by atoms with Crippen LogP contribution in [0.2, 0.25) is 0 Å². The molecule has 1 aliphatic rings. The number of nitrogens with zero attached hydrogens (tertiary/aromatic N) is 8. The first kappa shape index (κ1) is 17.3. The Hall–Kier alpha value is -3.07. The first-order valence-corrected chi connectivity index (χ1v) is 8.88. The Labute approximate surface area is 157 Å². The highest BCUT2D eigenvalue weighted by Crippen LogP contribution is 2.20. The molecule has 9 heteroatoms. The lowest BCUT2D eigenvalue weighted by Crippen LogP contribution is -2.50. The van der Waals surface area contributed by atoms with Crippen molar-refractivity contribution in [2.45, 2.75) is 20.4 Å². The van der Waals surface area contributed by atoms with Crippen LogP contribution in [-0.2, 0) is 18.4 Å². The van der Waals surface area contributed by atoms with Gasteiger partial charge in [-0.25, -0.2) is 0 Å². The van der Waals surface area contributed by atoms with Gasteiger partial charge in [0, 0.05) is 26.3 Å². The van der Waals surface area contributed by atoms with Crippen LogP contribution >= 0.6 is 0 Å². The molecular weight excluding hydrogens is 344 g/mol. The van der Waals surface area contributed by atoms with Gasteiger partial charge in [-0.1, -0.05) is 18.2 Å². The number of hydrogen-bond acceptors (Lipinski definition) is 6. The Kier molecular flexibility index (Phi) is 4.44. The Balaban J connectivity index is 1.50. The number of aromatic nitrogens is 6. The standard InChI is InChI=1S/C18H22N8O/c1-13-5-4-6-14(2)18(13)26-16(20-21-22-26)11-24-7-8-25(17(27)12-24)15-9-19-23(3)10-15/h4-6,9-10H,7-8,11-12H2,1-3H3. The predicted molar refractivity (Wildman–Crippen MR) is 99.5 cm³/mol. The van der Waals surface area contributed by atoms with Crippen molar-refractivity contribution in [1.29, 1.82) is 0 Å². The number of aryl methyl sites for hydroxylation is 3. The van der Waals surface area contributed by atoms with E-state index in [-0.39, 0.29) is 5.91 Å². The maximum Gasteiger partial charge on any atom is 0.241 e. The summed E-state index contributed by atoms with van der Waals surface area (Å²) in [5.74, 6) is 0.787. The number of benzene rings is 1. The van der Waals surface area contributed by atoms with Crippen molar-refractivity contribution in [2.24, 2.45) is 7.05 Å². The minimum absolute atomic E-state index is 0.0559. The van der Waals surface area contributed by atoms with E-state index in [9.17, 15) is 4.79 Å². The van der Waals surface area contributed by atoms with Crippen LogP contribution in [0.1, 0.15) is 17.0 Å². The van der Waals surface area contributed by atoms with Gasteiger partial charge in [0.05, 0.1) is 30.7 Å². The maximum absolute atomic E-state index is 12.6. The number of tetrazole rings is 1. The van der Waals surface area contributed by atoms with Crippen LogP contribution in [0.25, 0.3) is 5.69 Å². The van der Waals surface area contributed by atoms with E-state index in [1.165, 1.54) is 0 Å². The van der Waals surface area contributed by atoms with Crippen LogP contribution in [-0.4, -0.2) is 60.4 Å². The molecule has 0 aliphatic carbocycles. The van der Waals surface area contributed by atoms with E-state index >= 15 is 0 Å². The number of carbonyl (C=O) groups is 1. The van der Waals surface area contributed by atoms with E-state index in [0.717, 1.165) is 34.9 Å². The molecule has 0 spiro atoms. The molecule has 1 amide bonds. The van der Waals surface area contributed by atoms with Gasteiger partial charge in [0.1, 0.15) is 0 Å². The van der Waals surface area contributed by atoms with Crippen LogP contribution in [0, 0.1) is 13.8 Å². The zero-order valence-corrected chi connectivity index (χ0v) is 15.7. The largest absolute Gasteiger partial charge is 0.307 e. The fraction of sp³-hybridized carbons (Fsp3) is 0.389. The molecule has 4 rings (SSSR count). The van der Waals surface area contributed by atoms with Crippen molar-refractivity contribution < 1.29 is 4.79 Å². The summed E-state index contributed by atoms with van der Waals surface area (Å²) in [5, 5.41) is 16.4. The van der Waals surface area contributed by atoms with Gasteiger partial charge in [0.15, 0.2) is 5.82 Å². The van der Waals surface area contributed by atoms with Gasteiger partial charge in [0.25, 0.3) is 0 Å². The summed E-state index contributed by atoms with van der Waals surface area (Å²) in [6.45, 7) is 6.31. The molecule has 1 aliphatic heterocycles. The molecule has 1 aromatic carbocycles. The second kappa shape index (κ2) is 6.92. The molecule has 2 aromatic heterocycles. The van der Waals surface area contributed by atoms with Gasteiger partial charge >= 0.3 is 0 Å². The second-order valence-corrected chi connectivity index (χ2v) is 6.88. The first-order chi connectivity index (χ1) is 13.0. The molecule has 0 radical (unpaired) electrons. The van der Waals surface area contributed by atoms with Gasteiger partial charge in [-0.3, -0.25) is 14.4 Å². The summed E-state index contributed by atoms with van der Waals surface area (Å²) in [7, 11) is 1.84. The average Bonchev–Trinajstić information content (AvgIpc) is 3.24. The highest BCUT2D eigenvalue weighted by atomic mass is 16.2. The molecule has 0 bridgehead atoms. The Morgan fingerprint density at radius 3 is 2.59 bits per heavy atom. The van der Waals surface area contributed by atoms with Crippen LogP contribution < -0.4 is 4.90 Å². The molecule has 0 atom stereocenters. The summed E-state index contributed by atoms with van der Waals surface area (Å²) in [6, 6.07) is 6.11. The second-order valence-electron chi connectivity index (χ2n) is 6.88. The fourth-order valence-electron chi connectivity index (χ4n) is 3.50. The first-order valence-electron chi connectivity index (χ1n) is 8.88. The lowest BCUT2D eigenvalue weighted by atomic mass is 10.1. The lowest BCUT2D eigenvalue weighted by Gasteiger charge is -2.33. The molecule has 3 heterocycles. The smallest absolute Gasteiger partial charge is 0.241 e. The topological polar surface area (TPSA) is 85.0 Å². The number of amides is 1. The predicted octanol–water partition coefficient (Wildman–Crippen LogP) is 0.861. The summed E-state index contributed by atoms with van der Waals surface area (Å²) in [5.41, 5.74) is 4.06. The fourth-order valence-corrected chi connectivity index (χ4v) is 3.50. The van der Waals surface area contributed by atoms with Crippen LogP contribution in [0.15, 0.2) is 30.6 Å². The van der Waals surface area contributed by atoms with Crippen molar-refractivity contribution >= 4 is 11.6 Å². The van der Waals surface area contributed by atoms with Crippen molar-refractivity contribution in [3.05, 3.63) is 47.5 Å². The number of anilines is 1. The van der Waals surface area contributed by atoms with E-state index in [1.807, 2.05) is 45.3 Å². The molecule has 0 unspecified atom stereocenters. The normalized spacial score (nSPS) is 15.5. The van der Waals surface area contributed by atoms with Crippen molar-refractivity contribution in [3.63, 3.8) is 0 Å². The summed E-state index contributed by atoms with van der Waals surface area (Å²) < 4.78 is 3.48. The number of para-hydroxylation sites is 1. The maximum atomic E-state index is 12.6. The Morgan fingerprint density at radius 1 is 1.15 bits per heavy atom. The number of piperazine rings is 1. The quantitative estimate of drug-likeness (QED) is 0.681. The van der Waals surface area contributed by atoms with Crippen molar-refractivity contribution in [3.8, 4) is 5.69 Å². The number of rotatable bonds is 4. The van der Waals surface area contributed by atoms with Gasteiger partial charge in [-0.15, -0.1) is 5.10 Å². The van der Waals surface area contributed by atoms with Crippen molar-refractivity contribution in [2.75, 3.05) is 24.5 Å². The highest BCUT2D eigenvalue weighted by molar-refractivity contribution is 5.95. The SMILES string of the molecule is Cc1cccc(C)c1-n1nnnc1CN1CCN(c2cnn(C)c2)C(=O)C1. The van der Waals surface area contributed by atoms with E-state index in [2.05, 4.69) is 25.5 Å². The molecule has 1 saturated heterocycles. The third kappa shape index (κ3) is 3.33. The third-order valence-electron chi connectivity index (χ3n) is 4.85. The monoisotopic (exact) mass is 366 g/mol. The van der Waals surface area contributed by atoms with E-state index in [0.29, 0.717) is 19.6 Å². The average molecular weight is 366 g/mol. The van der Waals surface area contributed by atoms with Gasteiger partial charge < -0.3 is 4.90 Å². The number of hydrogen-bond donors (Lipinski definition) is 0. The third-order valence-corrected chi connectivity index (χ3v) is 4.85. The van der Waals surface area contributed by atoms with Crippen molar-refractivity contribution in [1.82, 2.24) is 34.9 Å². The zero-order chi connectivity index (χ0) is 19.0. The summed E-state index contributed by atoms with van der Waals surface area (Å²) >= 11 is 0. The highest BCUT2D eigenvalue weighted by Gasteiger charge is 2.27. The van der Waals surface area contributed by atoms with E-state index in [4.69, 9.17) is 0 Å². The Bertz CT molecular complexity index is 955. The van der Waals surface area contributed by atoms with Crippen LogP contribution in [0.5, 0.6) is 0 Å². The molecule has 0 saturated carbocycles. The molecular formula is C18H22N8O. The summed E-state index contributed by atoms with van der Waals surface area (Å²) in [6.07, 6.45) is 3.57. The van der Waals surface area contributed by atoms with Crippen LogP contribution in [0.3, 0.4) is 0 Å². The molecule has 9 nitrogen and oxygen atoms in total. The van der Waals surface area contributed by atoms with Gasteiger partial charge in [-0.05, 0) is 35.4 Å². The molecule has 27 heavy (non-hydrogen) atoms. The van der Waals surface area contributed by atoms with E-state index < -0.39 is 0 Å². The van der Waals surface area contributed by atoms with Gasteiger partial charge in [0.2, 0.25) is 5.91 Å². The number of carbonyl (C=O) groups excluding carboxylic acids is 1. The van der Waals surface area contributed by atoms with E-state index in [1.54, 1.807) is 20.5 Å². The molecule has 1 fully saturated rings.